The van der Waals surface area contributed by atoms with Crippen molar-refractivity contribution in [1.29, 1.82) is 0 Å². The van der Waals surface area contributed by atoms with Gasteiger partial charge in [-0.3, -0.25) is 5.32 Å². The molecule has 0 bridgehead atoms. The third kappa shape index (κ3) is 2.85. The molecular weight excluding hydrogens is 300 g/mol. The van der Waals surface area contributed by atoms with Gasteiger partial charge in [0.05, 0.1) is 21.6 Å². The predicted molar refractivity (Wildman–Crippen MR) is 85.2 cm³/mol. The molecule has 1 aliphatic rings. The number of carbonyl (C=O) groups excluding carboxylic acids is 1. The number of hydrogen-bond donors (Lipinski definition) is 1. The summed E-state index contributed by atoms with van der Waals surface area (Å²) in [6.07, 6.45) is 3.99. The van der Waals surface area contributed by atoms with Gasteiger partial charge < -0.3 is 9.42 Å². The fourth-order valence-corrected chi connectivity index (χ4v) is 3.96. The number of nitrogens with zero attached hydrogens (tertiary/aromatic N) is 3. The lowest BCUT2D eigenvalue weighted by atomic mass is 9.97. The van der Waals surface area contributed by atoms with Gasteiger partial charge in [0, 0.05) is 13.1 Å². The second kappa shape index (κ2) is 6.08. The summed E-state index contributed by atoms with van der Waals surface area (Å²) >= 11 is 1.73. The maximum atomic E-state index is 12.4. The molecule has 2 heterocycles. The third-order valence-corrected chi connectivity index (χ3v) is 5.26. The summed E-state index contributed by atoms with van der Waals surface area (Å²) in [5.41, 5.74) is 1.16. The molecule has 2 amide bonds. The quantitative estimate of drug-likeness (QED) is 0.939. The maximum absolute atomic E-state index is 12.4. The molecule has 1 N–H and O–H groups in total. The standard InChI is InChI=1S/C15H20N4O2S/c1-4-13-16-10-6-5-7-11(14(10)22-13)19(3)15(20)17-12-8-9(2)21-18-12/h8,11H,4-7H2,1-3H3,(H,17,18,20). The zero-order valence-corrected chi connectivity index (χ0v) is 13.9. The first-order valence-electron chi connectivity index (χ1n) is 7.54. The first-order chi connectivity index (χ1) is 10.6. The molecule has 2 aromatic rings. The van der Waals surface area contributed by atoms with Crippen molar-refractivity contribution in [2.75, 3.05) is 12.4 Å². The van der Waals surface area contributed by atoms with E-state index in [0.29, 0.717) is 11.6 Å². The first-order valence-corrected chi connectivity index (χ1v) is 8.35. The summed E-state index contributed by atoms with van der Waals surface area (Å²) < 4.78 is 4.97. The molecule has 22 heavy (non-hydrogen) atoms. The lowest BCUT2D eigenvalue weighted by molar-refractivity contribution is 0.198. The van der Waals surface area contributed by atoms with Crippen LogP contribution in [-0.4, -0.2) is 28.1 Å². The van der Waals surface area contributed by atoms with Gasteiger partial charge in [-0.15, -0.1) is 11.3 Å². The van der Waals surface area contributed by atoms with Crippen molar-refractivity contribution in [3.63, 3.8) is 0 Å². The zero-order valence-electron chi connectivity index (χ0n) is 13.0. The molecular formula is C15H20N4O2S. The number of aryl methyl sites for hydroxylation is 3. The fourth-order valence-electron chi connectivity index (χ4n) is 2.73. The number of hydrogen-bond acceptors (Lipinski definition) is 5. The number of nitrogens with one attached hydrogen (secondary N) is 1. The molecule has 2 aromatic heterocycles. The van der Waals surface area contributed by atoms with Gasteiger partial charge in [0.1, 0.15) is 5.76 Å². The van der Waals surface area contributed by atoms with Crippen LogP contribution in [0.15, 0.2) is 10.6 Å². The lowest BCUT2D eigenvalue weighted by Gasteiger charge is -2.30. The number of carbonyl (C=O) groups is 1. The van der Waals surface area contributed by atoms with Crippen molar-refractivity contribution in [1.82, 2.24) is 15.0 Å². The largest absolute Gasteiger partial charge is 0.360 e. The maximum Gasteiger partial charge on any atom is 0.323 e. The van der Waals surface area contributed by atoms with E-state index < -0.39 is 0 Å². The average molecular weight is 320 g/mol. The van der Waals surface area contributed by atoms with Gasteiger partial charge in [-0.1, -0.05) is 12.1 Å². The van der Waals surface area contributed by atoms with Gasteiger partial charge in [-0.25, -0.2) is 9.78 Å². The molecule has 118 valence electrons. The second-order valence-corrected chi connectivity index (χ2v) is 6.66. The Balaban J connectivity index is 1.76. The summed E-state index contributed by atoms with van der Waals surface area (Å²) in [6, 6.07) is 1.63. The third-order valence-electron chi connectivity index (χ3n) is 3.92. The van der Waals surface area contributed by atoms with Crippen molar-refractivity contribution in [3.05, 3.63) is 27.4 Å². The molecule has 1 atom stereocenters. The topological polar surface area (TPSA) is 71.3 Å². The number of thiazole rings is 1. The summed E-state index contributed by atoms with van der Waals surface area (Å²) in [7, 11) is 1.83. The van der Waals surface area contributed by atoms with Crippen LogP contribution in [0.5, 0.6) is 0 Å². The highest BCUT2D eigenvalue weighted by Crippen LogP contribution is 2.37. The number of urea groups is 1. The summed E-state index contributed by atoms with van der Waals surface area (Å²) in [5.74, 6) is 1.12. The van der Waals surface area contributed by atoms with Crippen LogP contribution in [0.3, 0.4) is 0 Å². The van der Waals surface area contributed by atoms with Gasteiger partial charge in [0.15, 0.2) is 5.82 Å². The number of fused-ring (bicyclic) bond motifs is 1. The Kier molecular flexibility index (Phi) is 4.15. The van der Waals surface area contributed by atoms with E-state index in [0.717, 1.165) is 36.4 Å². The predicted octanol–water partition coefficient (Wildman–Crippen LogP) is 3.54. The van der Waals surface area contributed by atoms with E-state index in [1.807, 2.05) is 7.05 Å². The number of amides is 2. The number of aromatic nitrogens is 2. The van der Waals surface area contributed by atoms with Gasteiger partial charge in [-0.2, -0.15) is 0 Å². The molecule has 1 aliphatic carbocycles. The molecule has 0 saturated heterocycles. The molecule has 0 fully saturated rings. The van der Waals surface area contributed by atoms with Crippen molar-refractivity contribution < 1.29 is 9.32 Å². The van der Waals surface area contributed by atoms with Crippen LogP contribution < -0.4 is 5.32 Å². The highest BCUT2D eigenvalue weighted by molar-refractivity contribution is 7.11. The number of anilines is 1. The van der Waals surface area contributed by atoms with E-state index in [9.17, 15) is 4.79 Å². The molecule has 3 rings (SSSR count). The van der Waals surface area contributed by atoms with E-state index in [4.69, 9.17) is 4.52 Å². The molecule has 0 aromatic carbocycles. The van der Waals surface area contributed by atoms with Crippen LogP contribution >= 0.6 is 11.3 Å². The first kappa shape index (κ1) is 15.0. The summed E-state index contributed by atoms with van der Waals surface area (Å²) in [5, 5.41) is 7.73. The van der Waals surface area contributed by atoms with Crippen LogP contribution in [0.1, 0.15) is 47.1 Å². The van der Waals surface area contributed by atoms with Gasteiger partial charge in [0.2, 0.25) is 0 Å². The molecule has 0 aliphatic heterocycles. The lowest BCUT2D eigenvalue weighted by Crippen LogP contribution is -2.36. The van der Waals surface area contributed by atoms with Crippen molar-refractivity contribution in [2.24, 2.45) is 0 Å². The van der Waals surface area contributed by atoms with Crippen LogP contribution in [-0.2, 0) is 12.8 Å². The van der Waals surface area contributed by atoms with E-state index >= 15 is 0 Å². The molecule has 7 heteroatoms. The van der Waals surface area contributed by atoms with Crippen molar-refractivity contribution >= 4 is 23.2 Å². The van der Waals surface area contributed by atoms with Gasteiger partial charge in [-0.05, 0) is 32.6 Å². The second-order valence-electron chi connectivity index (χ2n) is 5.54. The van der Waals surface area contributed by atoms with Gasteiger partial charge >= 0.3 is 6.03 Å². The minimum absolute atomic E-state index is 0.0922. The normalized spacial score (nSPS) is 17.1. The van der Waals surface area contributed by atoms with Crippen molar-refractivity contribution in [2.45, 2.75) is 45.6 Å². The molecule has 0 saturated carbocycles. The average Bonchev–Trinajstić information content (AvgIpc) is 3.11. The molecule has 6 nitrogen and oxygen atoms in total. The highest BCUT2D eigenvalue weighted by atomic mass is 32.1. The SMILES string of the molecule is CCc1nc2c(s1)C(N(C)C(=O)Nc1cc(C)on1)CCC2. The Morgan fingerprint density at radius 2 is 2.41 bits per heavy atom. The Hall–Kier alpha value is -1.89. The van der Waals surface area contributed by atoms with Crippen LogP contribution in [0.4, 0.5) is 10.6 Å². The van der Waals surface area contributed by atoms with E-state index in [-0.39, 0.29) is 12.1 Å². The zero-order chi connectivity index (χ0) is 15.7. The van der Waals surface area contributed by atoms with Gasteiger partial charge in [0.25, 0.3) is 0 Å². The Bertz CT molecular complexity index is 679. The molecule has 1 unspecified atom stereocenters. The summed E-state index contributed by atoms with van der Waals surface area (Å²) in [4.78, 5) is 20.1. The Morgan fingerprint density at radius 1 is 1.59 bits per heavy atom. The highest BCUT2D eigenvalue weighted by Gasteiger charge is 2.30. The van der Waals surface area contributed by atoms with E-state index in [2.05, 4.69) is 22.4 Å². The minimum Gasteiger partial charge on any atom is -0.360 e. The summed E-state index contributed by atoms with van der Waals surface area (Å²) in [6.45, 7) is 3.91. The molecule has 0 radical (unpaired) electrons. The van der Waals surface area contributed by atoms with Crippen LogP contribution in [0.2, 0.25) is 0 Å². The monoisotopic (exact) mass is 320 g/mol. The Labute approximate surface area is 133 Å². The van der Waals surface area contributed by atoms with E-state index in [1.165, 1.54) is 4.88 Å². The molecule has 0 spiro atoms. The van der Waals surface area contributed by atoms with Crippen LogP contribution in [0, 0.1) is 6.92 Å². The minimum atomic E-state index is -0.169. The fraction of sp³-hybridized carbons (Fsp3) is 0.533. The van der Waals surface area contributed by atoms with Crippen LogP contribution in [0.25, 0.3) is 0 Å². The van der Waals surface area contributed by atoms with Crippen molar-refractivity contribution in [3.8, 4) is 0 Å². The number of rotatable bonds is 3. The smallest absolute Gasteiger partial charge is 0.323 e. The van der Waals surface area contributed by atoms with E-state index in [1.54, 1.807) is 29.2 Å². The Morgan fingerprint density at radius 3 is 3.09 bits per heavy atom.